The molecule has 2 aliphatic heterocycles. The summed E-state index contributed by atoms with van der Waals surface area (Å²) in [5.41, 5.74) is 1.05. The molecular weight excluding hydrogens is 408 g/mol. The van der Waals surface area contributed by atoms with Crippen LogP contribution in [0.1, 0.15) is 22.8 Å². The minimum absolute atomic E-state index is 0.0348. The summed E-state index contributed by atoms with van der Waals surface area (Å²) in [4.78, 5) is 26.8. The molecule has 1 atom stereocenters. The van der Waals surface area contributed by atoms with Crippen molar-refractivity contribution in [3.05, 3.63) is 47.5 Å². The first kappa shape index (κ1) is 20.2. The van der Waals surface area contributed by atoms with Gasteiger partial charge in [-0.15, -0.1) is 0 Å². The molecule has 2 aromatic rings. The fourth-order valence-corrected chi connectivity index (χ4v) is 5.22. The van der Waals surface area contributed by atoms with Crippen LogP contribution in [0.2, 0.25) is 0 Å². The molecule has 0 fully saturated rings. The predicted molar refractivity (Wildman–Crippen MR) is 112 cm³/mol. The number of carbonyl (C=O) groups is 2. The van der Waals surface area contributed by atoms with Crippen molar-refractivity contribution in [1.82, 2.24) is 0 Å². The van der Waals surface area contributed by atoms with E-state index in [2.05, 4.69) is 5.32 Å². The van der Waals surface area contributed by atoms with Gasteiger partial charge < -0.3 is 14.8 Å². The van der Waals surface area contributed by atoms with E-state index in [-0.39, 0.29) is 24.9 Å². The monoisotopic (exact) mass is 430 g/mol. The predicted octanol–water partition coefficient (Wildman–Crippen LogP) is 2.17. The van der Waals surface area contributed by atoms with E-state index in [4.69, 9.17) is 9.47 Å². The SMILES string of the molecule is Cc1ccc2c(c1)OC[C@](C)(CS(C)(=O)=O)N2C(=O)c1ccc2c(c1)NC(=O)CO2. The lowest BCUT2D eigenvalue weighted by Crippen LogP contribution is -2.59. The molecule has 8 nitrogen and oxygen atoms in total. The van der Waals surface area contributed by atoms with Crippen molar-refractivity contribution in [2.24, 2.45) is 0 Å². The standard InChI is InChI=1S/C21H22N2O6S/c1-13-4-6-16-18(8-13)29-11-21(2,12-30(3,26)27)23(16)20(25)14-5-7-17-15(9-14)22-19(24)10-28-17/h4-9H,10-12H2,1-3H3,(H,22,24)/t21-/m1/s1. The number of benzene rings is 2. The second-order valence-electron chi connectivity index (χ2n) is 8.02. The average Bonchev–Trinajstić information content (AvgIpc) is 2.65. The number of hydrogen-bond donors (Lipinski definition) is 1. The van der Waals surface area contributed by atoms with Crippen molar-refractivity contribution in [2.75, 3.05) is 35.4 Å². The number of anilines is 2. The van der Waals surface area contributed by atoms with Gasteiger partial charge in [-0.3, -0.25) is 14.5 Å². The normalized spacial score (nSPS) is 20.4. The van der Waals surface area contributed by atoms with Crippen LogP contribution >= 0.6 is 0 Å². The molecule has 2 amide bonds. The average molecular weight is 430 g/mol. The summed E-state index contributed by atoms with van der Waals surface area (Å²) < 4.78 is 35.5. The quantitative estimate of drug-likeness (QED) is 0.801. The van der Waals surface area contributed by atoms with Crippen molar-refractivity contribution in [3.8, 4) is 11.5 Å². The minimum atomic E-state index is -3.41. The van der Waals surface area contributed by atoms with E-state index in [0.29, 0.717) is 28.4 Å². The molecule has 1 N–H and O–H groups in total. The number of nitrogens with one attached hydrogen (secondary N) is 1. The molecule has 0 saturated carbocycles. The molecular formula is C21H22N2O6S. The van der Waals surface area contributed by atoms with E-state index in [1.54, 1.807) is 31.2 Å². The zero-order valence-electron chi connectivity index (χ0n) is 16.9. The molecule has 9 heteroatoms. The molecule has 0 radical (unpaired) electrons. The van der Waals surface area contributed by atoms with Crippen LogP contribution in [0.4, 0.5) is 11.4 Å². The third kappa shape index (κ3) is 3.72. The molecule has 0 bridgehead atoms. The van der Waals surface area contributed by atoms with Crippen molar-refractivity contribution in [2.45, 2.75) is 19.4 Å². The number of ether oxygens (including phenoxy) is 2. The first-order valence-electron chi connectivity index (χ1n) is 9.38. The summed E-state index contributed by atoms with van der Waals surface area (Å²) >= 11 is 0. The van der Waals surface area contributed by atoms with Gasteiger partial charge in [0.05, 0.1) is 22.7 Å². The third-order valence-corrected chi connectivity index (χ3v) is 6.22. The Hall–Kier alpha value is -3.07. The van der Waals surface area contributed by atoms with Gasteiger partial charge in [0.25, 0.3) is 11.8 Å². The maximum atomic E-state index is 13.6. The van der Waals surface area contributed by atoms with Crippen LogP contribution in [0.5, 0.6) is 11.5 Å². The van der Waals surface area contributed by atoms with Crippen LogP contribution in [0.15, 0.2) is 36.4 Å². The van der Waals surface area contributed by atoms with E-state index in [1.807, 2.05) is 19.1 Å². The van der Waals surface area contributed by atoms with Gasteiger partial charge in [0.15, 0.2) is 6.61 Å². The molecule has 2 aromatic carbocycles. The molecule has 2 aliphatic rings. The topological polar surface area (TPSA) is 102 Å². The minimum Gasteiger partial charge on any atom is -0.489 e. The lowest BCUT2D eigenvalue weighted by molar-refractivity contribution is -0.118. The third-order valence-electron chi connectivity index (χ3n) is 5.07. The number of hydrogen-bond acceptors (Lipinski definition) is 6. The van der Waals surface area contributed by atoms with Gasteiger partial charge in [-0.1, -0.05) is 6.07 Å². The molecule has 30 heavy (non-hydrogen) atoms. The molecule has 4 rings (SSSR count). The molecule has 0 unspecified atom stereocenters. The smallest absolute Gasteiger partial charge is 0.262 e. The zero-order chi connectivity index (χ0) is 21.7. The molecule has 0 aromatic heterocycles. The van der Waals surface area contributed by atoms with Gasteiger partial charge in [-0.25, -0.2) is 8.42 Å². The van der Waals surface area contributed by atoms with Crippen LogP contribution in [-0.2, 0) is 14.6 Å². The molecule has 158 valence electrons. The summed E-state index contributed by atoms with van der Waals surface area (Å²) in [6.07, 6.45) is 1.14. The van der Waals surface area contributed by atoms with E-state index >= 15 is 0 Å². The zero-order valence-corrected chi connectivity index (χ0v) is 17.7. The second-order valence-corrected chi connectivity index (χ2v) is 10.2. The van der Waals surface area contributed by atoms with Crippen molar-refractivity contribution >= 4 is 33.0 Å². The molecule has 0 saturated heterocycles. The van der Waals surface area contributed by atoms with E-state index in [0.717, 1.165) is 11.8 Å². The van der Waals surface area contributed by atoms with E-state index in [1.165, 1.54) is 4.90 Å². The fraction of sp³-hybridized carbons (Fsp3) is 0.333. The molecule has 0 spiro atoms. The largest absolute Gasteiger partial charge is 0.489 e. The summed E-state index contributed by atoms with van der Waals surface area (Å²) in [6.45, 7) is 3.56. The maximum absolute atomic E-state index is 13.6. The lowest BCUT2D eigenvalue weighted by Gasteiger charge is -2.44. The van der Waals surface area contributed by atoms with Crippen LogP contribution in [0.25, 0.3) is 0 Å². The Morgan fingerprint density at radius 1 is 1.17 bits per heavy atom. The second kappa shape index (κ2) is 7.02. The van der Waals surface area contributed by atoms with Gasteiger partial charge >= 0.3 is 0 Å². The van der Waals surface area contributed by atoms with Gasteiger partial charge in [0.2, 0.25) is 0 Å². The summed E-state index contributed by atoms with van der Waals surface area (Å²) in [7, 11) is -3.41. The number of nitrogens with zero attached hydrogens (tertiary/aromatic N) is 1. The number of fused-ring (bicyclic) bond motifs is 2. The summed E-state index contributed by atoms with van der Waals surface area (Å²) in [5, 5.41) is 2.69. The lowest BCUT2D eigenvalue weighted by atomic mass is 9.97. The number of sulfone groups is 1. The van der Waals surface area contributed by atoms with Crippen molar-refractivity contribution < 1.29 is 27.5 Å². The Balaban J connectivity index is 1.81. The Morgan fingerprint density at radius 2 is 1.93 bits per heavy atom. The van der Waals surface area contributed by atoms with Gasteiger partial charge in [-0.2, -0.15) is 0 Å². The van der Waals surface area contributed by atoms with Crippen molar-refractivity contribution in [3.63, 3.8) is 0 Å². The fourth-order valence-electron chi connectivity index (χ4n) is 3.88. The number of rotatable bonds is 3. The van der Waals surface area contributed by atoms with Crippen LogP contribution < -0.4 is 19.7 Å². The van der Waals surface area contributed by atoms with Gasteiger partial charge in [0, 0.05) is 11.8 Å². The number of carbonyl (C=O) groups excluding carboxylic acids is 2. The van der Waals surface area contributed by atoms with Crippen LogP contribution in [0.3, 0.4) is 0 Å². The van der Waals surface area contributed by atoms with Crippen LogP contribution in [-0.4, -0.2) is 51.0 Å². The molecule has 0 aliphatic carbocycles. The van der Waals surface area contributed by atoms with E-state index in [9.17, 15) is 18.0 Å². The number of aryl methyl sites for hydroxylation is 1. The highest BCUT2D eigenvalue weighted by atomic mass is 32.2. The van der Waals surface area contributed by atoms with Gasteiger partial charge in [-0.05, 0) is 49.7 Å². The summed E-state index contributed by atoms with van der Waals surface area (Å²) in [5.74, 6) is 0.0365. The Labute approximate surface area is 174 Å². The Kier molecular flexibility index (Phi) is 4.73. The van der Waals surface area contributed by atoms with Gasteiger partial charge in [0.1, 0.15) is 27.9 Å². The van der Waals surface area contributed by atoms with E-state index < -0.39 is 21.3 Å². The van der Waals surface area contributed by atoms with Crippen molar-refractivity contribution in [1.29, 1.82) is 0 Å². The Bertz CT molecular complexity index is 1160. The number of amides is 2. The Morgan fingerprint density at radius 3 is 2.67 bits per heavy atom. The highest BCUT2D eigenvalue weighted by Crippen LogP contribution is 2.41. The molecule has 2 heterocycles. The highest BCUT2D eigenvalue weighted by molar-refractivity contribution is 7.90. The summed E-state index contributed by atoms with van der Waals surface area (Å²) in [6, 6.07) is 10.2. The first-order chi connectivity index (χ1) is 14.1. The van der Waals surface area contributed by atoms with Crippen LogP contribution in [0, 0.1) is 6.92 Å². The maximum Gasteiger partial charge on any atom is 0.262 e. The first-order valence-corrected chi connectivity index (χ1v) is 11.4. The highest BCUT2D eigenvalue weighted by Gasteiger charge is 2.44.